The first-order chi connectivity index (χ1) is 16.9. The van der Waals surface area contributed by atoms with Crippen molar-refractivity contribution < 1.29 is 54.1 Å². The number of carboxylic acids is 1. The van der Waals surface area contributed by atoms with Gasteiger partial charge in [0, 0.05) is 30.3 Å². The molecular weight excluding hydrogens is 470 g/mol. The van der Waals surface area contributed by atoms with Crippen LogP contribution in [0, 0.1) is 5.82 Å². The van der Waals surface area contributed by atoms with E-state index in [4.69, 9.17) is 5.10 Å². The molecule has 1 aliphatic rings. The van der Waals surface area contributed by atoms with E-state index in [0.717, 1.165) is 49.1 Å². The summed E-state index contributed by atoms with van der Waals surface area (Å²) in [5.74, 6) is -1.40. The number of aliphatic hydroxyl groups is 2. The van der Waals surface area contributed by atoms with E-state index in [2.05, 4.69) is 12.1 Å². The number of carboxylic acid groups (broad SMARTS) is 1. The number of aliphatic hydroxyl groups excluding tert-OH is 2. The minimum Gasteiger partial charge on any atom is -0.550 e. The summed E-state index contributed by atoms with van der Waals surface area (Å²) in [5, 5.41) is 35.8. The number of carbonyl (C=O) groups excluding carboxylic acids is 1. The van der Waals surface area contributed by atoms with Crippen LogP contribution in [0.4, 0.5) is 4.39 Å². The quantitative estimate of drug-likeness (QED) is 0.391. The molecule has 184 valence electrons. The third-order valence-corrected chi connectivity index (χ3v) is 6.51. The van der Waals surface area contributed by atoms with Gasteiger partial charge in [0.2, 0.25) is 0 Å². The van der Waals surface area contributed by atoms with Crippen LogP contribution in [0.5, 0.6) is 0 Å². The number of hydrogen-bond acceptors (Lipinski definition) is 5. The number of benzene rings is 2. The molecule has 1 unspecified atom stereocenters. The van der Waals surface area contributed by atoms with Crippen LogP contribution in [0.1, 0.15) is 60.5 Å². The third-order valence-electron chi connectivity index (χ3n) is 6.51. The maximum absolute atomic E-state index is 13.6. The SMILES string of the molecule is O=C([O-])C[C@H](O)C[C@H](O)/C=C/c1c2c(nn1-c1ccc(F)cc1)C(CCc1ccccc1)CCC2.[Na+]. The van der Waals surface area contributed by atoms with E-state index in [1.807, 2.05) is 18.2 Å². The first-order valence-corrected chi connectivity index (χ1v) is 12.1. The first-order valence-electron chi connectivity index (χ1n) is 12.1. The number of rotatable bonds is 10. The molecule has 0 saturated heterocycles. The minimum absolute atomic E-state index is 0. The van der Waals surface area contributed by atoms with Crippen LogP contribution in [0.15, 0.2) is 60.7 Å². The van der Waals surface area contributed by atoms with E-state index < -0.39 is 24.6 Å². The monoisotopic (exact) mass is 500 g/mol. The molecule has 1 heterocycles. The Morgan fingerprint density at radius 1 is 1.17 bits per heavy atom. The fourth-order valence-electron chi connectivity index (χ4n) is 4.78. The zero-order chi connectivity index (χ0) is 24.8. The Labute approximate surface area is 232 Å². The molecule has 1 aliphatic carbocycles. The molecule has 0 spiro atoms. The summed E-state index contributed by atoms with van der Waals surface area (Å²) in [6, 6.07) is 16.5. The molecule has 0 aliphatic heterocycles. The fourth-order valence-corrected chi connectivity index (χ4v) is 4.78. The summed E-state index contributed by atoms with van der Waals surface area (Å²) < 4.78 is 15.4. The van der Waals surface area contributed by atoms with Crippen LogP contribution in [-0.2, 0) is 17.6 Å². The van der Waals surface area contributed by atoms with Crippen molar-refractivity contribution in [1.82, 2.24) is 9.78 Å². The van der Waals surface area contributed by atoms with Crippen molar-refractivity contribution in [2.45, 2.75) is 63.1 Å². The first kappa shape index (κ1) is 28.3. The zero-order valence-electron chi connectivity index (χ0n) is 20.5. The standard InChI is InChI=1S/C28H31FN2O4.Na/c29-21-11-13-22(14-12-21)31-26(16-15-23(32)17-24(33)18-27(34)35)25-8-4-7-20(28(25)30-31)10-9-19-5-2-1-3-6-19;/h1-3,5-6,11-16,20,23-24,32-33H,4,7-10,17-18H2,(H,34,35);/q;+1/p-1/b16-15+;/t20?,23-,24-;/m1./s1. The number of nitrogens with zero attached hydrogens (tertiary/aromatic N) is 2. The molecule has 36 heavy (non-hydrogen) atoms. The molecular formula is C28H30FN2NaO4. The molecule has 3 aromatic rings. The van der Waals surface area contributed by atoms with Gasteiger partial charge >= 0.3 is 29.6 Å². The van der Waals surface area contributed by atoms with Crippen LogP contribution >= 0.6 is 0 Å². The number of aromatic nitrogens is 2. The summed E-state index contributed by atoms with van der Waals surface area (Å²) in [6.07, 6.45) is 5.28. The predicted molar refractivity (Wildman–Crippen MR) is 129 cm³/mol. The number of aryl methyl sites for hydroxylation is 1. The van der Waals surface area contributed by atoms with Gasteiger partial charge in [-0.15, -0.1) is 0 Å². The van der Waals surface area contributed by atoms with Gasteiger partial charge in [0.25, 0.3) is 0 Å². The van der Waals surface area contributed by atoms with Crippen molar-refractivity contribution in [3.63, 3.8) is 0 Å². The van der Waals surface area contributed by atoms with Crippen molar-refractivity contribution in [3.05, 3.63) is 89.0 Å². The van der Waals surface area contributed by atoms with Gasteiger partial charge in [-0.3, -0.25) is 0 Å². The van der Waals surface area contributed by atoms with E-state index in [1.165, 1.54) is 17.7 Å². The largest absolute Gasteiger partial charge is 1.00 e. The Morgan fingerprint density at radius 3 is 2.58 bits per heavy atom. The average molecular weight is 501 g/mol. The predicted octanol–water partition coefficient (Wildman–Crippen LogP) is 0.333. The number of aliphatic carboxylic acids is 1. The van der Waals surface area contributed by atoms with Crippen molar-refractivity contribution in [3.8, 4) is 5.69 Å². The van der Waals surface area contributed by atoms with E-state index in [-0.39, 0.29) is 41.8 Å². The number of fused-ring (bicyclic) bond motifs is 1. The molecule has 0 radical (unpaired) electrons. The van der Waals surface area contributed by atoms with Gasteiger partial charge in [-0.1, -0.05) is 36.4 Å². The Balaban J connectivity index is 0.00000361. The Hall–Kier alpha value is -2.29. The van der Waals surface area contributed by atoms with Crippen molar-refractivity contribution >= 4 is 12.0 Å². The molecule has 1 aromatic heterocycles. The molecule has 0 saturated carbocycles. The molecule has 6 nitrogen and oxygen atoms in total. The van der Waals surface area contributed by atoms with E-state index in [1.54, 1.807) is 29.0 Å². The topological polar surface area (TPSA) is 98.4 Å². The van der Waals surface area contributed by atoms with E-state index in [0.29, 0.717) is 11.6 Å². The van der Waals surface area contributed by atoms with Crippen LogP contribution in [0.3, 0.4) is 0 Å². The van der Waals surface area contributed by atoms with Gasteiger partial charge in [-0.05, 0) is 68.0 Å². The molecule has 0 bridgehead atoms. The Bertz CT molecular complexity index is 1160. The van der Waals surface area contributed by atoms with Gasteiger partial charge in [-0.2, -0.15) is 5.10 Å². The summed E-state index contributed by atoms with van der Waals surface area (Å²) in [6.45, 7) is 0. The molecule has 2 N–H and O–H groups in total. The van der Waals surface area contributed by atoms with Crippen LogP contribution in [0.25, 0.3) is 11.8 Å². The maximum atomic E-state index is 13.6. The normalized spacial score (nSPS) is 16.8. The van der Waals surface area contributed by atoms with Crippen molar-refractivity contribution in [1.29, 1.82) is 0 Å². The summed E-state index contributed by atoms with van der Waals surface area (Å²) in [7, 11) is 0. The second kappa shape index (κ2) is 13.3. The molecule has 0 amide bonds. The van der Waals surface area contributed by atoms with Gasteiger partial charge in [0.05, 0.1) is 29.3 Å². The Kier molecular flexibility index (Phi) is 10.5. The van der Waals surface area contributed by atoms with Gasteiger partial charge in [0.15, 0.2) is 0 Å². The summed E-state index contributed by atoms with van der Waals surface area (Å²) in [4.78, 5) is 10.7. The molecule has 2 aromatic carbocycles. The molecule has 4 rings (SSSR count). The molecule has 8 heteroatoms. The van der Waals surface area contributed by atoms with Gasteiger partial charge in [-0.25, -0.2) is 9.07 Å². The second-order valence-electron chi connectivity index (χ2n) is 9.14. The molecule has 0 fully saturated rings. The summed E-state index contributed by atoms with van der Waals surface area (Å²) in [5.41, 5.74) is 4.95. The van der Waals surface area contributed by atoms with Crippen LogP contribution in [-0.4, -0.2) is 38.2 Å². The van der Waals surface area contributed by atoms with E-state index in [9.17, 15) is 24.5 Å². The van der Waals surface area contributed by atoms with Gasteiger partial charge in [0.1, 0.15) is 5.82 Å². The second-order valence-corrected chi connectivity index (χ2v) is 9.14. The smallest absolute Gasteiger partial charge is 0.550 e. The third kappa shape index (κ3) is 7.37. The number of hydrogen-bond donors (Lipinski definition) is 2. The minimum atomic E-state index is -1.36. The van der Waals surface area contributed by atoms with E-state index >= 15 is 0 Å². The Morgan fingerprint density at radius 2 is 1.89 bits per heavy atom. The van der Waals surface area contributed by atoms with Crippen molar-refractivity contribution in [2.75, 3.05) is 0 Å². The maximum Gasteiger partial charge on any atom is 1.00 e. The number of halogens is 1. The van der Waals surface area contributed by atoms with Gasteiger partial charge < -0.3 is 20.1 Å². The fraction of sp³-hybridized carbons (Fsp3) is 0.357. The van der Waals surface area contributed by atoms with Crippen molar-refractivity contribution in [2.24, 2.45) is 0 Å². The van der Waals surface area contributed by atoms with Crippen LogP contribution < -0.4 is 34.7 Å². The average Bonchev–Trinajstić information content (AvgIpc) is 3.21. The zero-order valence-corrected chi connectivity index (χ0v) is 22.5. The number of carbonyl (C=O) groups is 1. The molecule has 3 atom stereocenters. The summed E-state index contributed by atoms with van der Waals surface area (Å²) >= 11 is 0. The van der Waals surface area contributed by atoms with Crippen LogP contribution in [0.2, 0.25) is 0 Å².